The molecule has 0 aliphatic carbocycles. The highest BCUT2D eigenvalue weighted by atomic mass is 32.1. The molecule has 2 aliphatic rings. The van der Waals surface area contributed by atoms with Crippen LogP contribution in [0.25, 0.3) is 0 Å². The molecule has 2 fully saturated rings. The van der Waals surface area contributed by atoms with E-state index < -0.39 is 0 Å². The lowest BCUT2D eigenvalue weighted by atomic mass is 10.0. The van der Waals surface area contributed by atoms with E-state index in [0.717, 1.165) is 56.6 Å². The smallest absolute Gasteiger partial charge is 0.170 e. The van der Waals surface area contributed by atoms with E-state index in [4.69, 9.17) is 17.0 Å². The lowest BCUT2D eigenvalue weighted by molar-refractivity contribution is 0.0365. The minimum absolute atomic E-state index is 0.0655. The molecular formula is C20H27N5OS. The van der Waals surface area contributed by atoms with Crippen LogP contribution in [0.3, 0.4) is 0 Å². The van der Waals surface area contributed by atoms with E-state index >= 15 is 0 Å². The van der Waals surface area contributed by atoms with Gasteiger partial charge in [0.1, 0.15) is 0 Å². The number of pyridine rings is 1. The van der Waals surface area contributed by atoms with Crippen molar-refractivity contribution in [2.45, 2.75) is 18.5 Å². The molecule has 0 spiro atoms. The van der Waals surface area contributed by atoms with Crippen LogP contribution in [-0.2, 0) is 11.8 Å². The summed E-state index contributed by atoms with van der Waals surface area (Å²) in [6.45, 7) is 5.76. The molecule has 2 aliphatic heterocycles. The topological polar surface area (TPSA) is 45.6 Å². The predicted molar refractivity (Wildman–Crippen MR) is 109 cm³/mol. The Labute approximate surface area is 166 Å². The van der Waals surface area contributed by atoms with Gasteiger partial charge in [0.2, 0.25) is 0 Å². The molecule has 2 saturated heterocycles. The first-order valence-electron chi connectivity index (χ1n) is 9.63. The van der Waals surface area contributed by atoms with Crippen LogP contribution in [0, 0.1) is 0 Å². The van der Waals surface area contributed by atoms with E-state index in [0.29, 0.717) is 0 Å². The largest absolute Gasteiger partial charge is 0.379 e. The van der Waals surface area contributed by atoms with Crippen molar-refractivity contribution in [3.05, 3.63) is 54.1 Å². The first-order chi connectivity index (χ1) is 13.2. The maximum atomic E-state index is 5.73. The van der Waals surface area contributed by atoms with Crippen LogP contribution < -0.4 is 5.32 Å². The Morgan fingerprint density at radius 2 is 2.04 bits per heavy atom. The van der Waals surface area contributed by atoms with Gasteiger partial charge in [-0.1, -0.05) is 6.07 Å². The average molecular weight is 386 g/mol. The van der Waals surface area contributed by atoms with E-state index in [9.17, 15) is 0 Å². The van der Waals surface area contributed by atoms with E-state index in [1.807, 2.05) is 18.3 Å². The molecular weight excluding hydrogens is 358 g/mol. The van der Waals surface area contributed by atoms with E-state index in [1.54, 1.807) is 0 Å². The molecule has 2 aromatic rings. The molecule has 0 bridgehead atoms. The summed E-state index contributed by atoms with van der Waals surface area (Å²) in [4.78, 5) is 9.41. The van der Waals surface area contributed by atoms with Crippen molar-refractivity contribution in [1.82, 2.24) is 24.7 Å². The first-order valence-corrected chi connectivity index (χ1v) is 10.0. The van der Waals surface area contributed by atoms with Crippen molar-refractivity contribution in [3.63, 3.8) is 0 Å². The van der Waals surface area contributed by atoms with Gasteiger partial charge in [-0.15, -0.1) is 0 Å². The second-order valence-electron chi connectivity index (χ2n) is 7.17. The van der Waals surface area contributed by atoms with Gasteiger partial charge < -0.3 is 19.5 Å². The number of aromatic nitrogens is 2. The number of nitrogens with zero attached hydrogens (tertiary/aromatic N) is 4. The summed E-state index contributed by atoms with van der Waals surface area (Å²) in [6, 6.07) is 10.6. The van der Waals surface area contributed by atoms with Crippen molar-refractivity contribution in [2.24, 2.45) is 7.05 Å². The molecule has 2 atom stereocenters. The molecule has 0 radical (unpaired) electrons. The molecule has 4 rings (SSSR count). The number of hydrogen-bond acceptors (Lipinski definition) is 4. The van der Waals surface area contributed by atoms with Gasteiger partial charge in [0.25, 0.3) is 0 Å². The van der Waals surface area contributed by atoms with Crippen LogP contribution in [-0.4, -0.2) is 63.9 Å². The SMILES string of the molecule is Cn1cccc1[C@H]1[C@H](c2ccccn2)NC(=S)N1CCCN1CCOCC1. The average Bonchev–Trinajstić information content (AvgIpc) is 3.26. The third-order valence-corrected chi connectivity index (χ3v) is 5.81. The van der Waals surface area contributed by atoms with Crippen molar-refractivity contribution < 1.29 is 4.74 Å². The number of rotatable bonds is 6. The number of ether oxygens (including phenoxy) is 1. The van der Waals surface area contributed by atoms with Gasteiger partial charge in [0.15, 0.2) is 5.11 Å². The van der Waals surface area contributed by atoms with Gasteiger partial charge in [-0.25, -0.2) is 0 Å². The number of morpholine rings is 1. The number of hydrogen-bond donors (Lipinski definition) is 1. The van der Waals surface area contributed by atoms with Crippen LogP contribution in [0.4, 0.5) is 0 Å². The van der Waals surface area contributed by atoms with Crippen molar-refractivity contribution in [2.75, 3.05) is 39.4 Å². The Bertz CT molecular complexity index is 759. The number of thiocarbonyl (C=S) groups is 1. The summed E-state index contributed by atoms with van der Waals surface area (Å²) >= 11 is 5.73. The maximum absolute atomic E-state index is 5.73. The lowest BCUT2D eigenvalue weighted by Gasteiger charge is -2.30. The fraction of sp³-hybridized carbons (Fsp3) is 0.500. The summed E-state index contributed by atoms with van der Waals surface area (Å²) in [6.07, 6.45) is 5.03. The van der Waals surface area contributed by atoms with Crippen LogP contribution >= 0.6 is 12.2 Å². The quantitative estimate of drug-likeness (QED) is 0.769. The zero-order valence-corrected chi connectivity index (χ0v) is 16.6. The molecule has 144 valence electrons. The van der Waals surface area contributed by atoms with Crippen LogP contribution in [0.15, 0.2) is 42.7 Å². The van der Waals surface area contributed by atoms with Gasteiger partial charge in [-0.2, -0.15) is 0 Å². The Kier molecular flexibility index (Phi) is 5.71. The molecule has 0 unspecified atom stereocenters. The van der Waals surface area contributed by atoms with E-state index in [1.165, 1.54) is 5.69 Å². The molecule has 7 heteroatoms. The van der Waals surface area contributed by atoms with Gasteiger partial charge in [-0.3, -0.25) is 9.88 Å². The molecule has 2 aromatic heterocycles. The number of aryl methyl sites for hydroxylation is 1. The third-order valence-electron chi connectivity index (χ3n) is 5.46. The summed E-state index contributed by atoms with van der Waals surface area (Å²) < 4.78 is 7.63. The fourth-order valence-electron chi connectivity index (χ4n) is 4.04. The summed E-state index contributed by atoms with van der Waals surface area (Å²) in [7, 11) is 2.10. The molecule has 0 amide bonds. The first kappa shape index (κ1) is 18.4. The summed E-state index contributed by atoms with van der Waals surface area (Å²) in [5, 5.41) is 4.34. The monoisotopic (exact) mass is 385 g/mol. The molecule has 1 N–H and O–H groups in total. The van der Waals surface area contributed by atoms with Crippen LogP contribution in [0.1, 0.15) is 29.9 Å². The Hall–Kier alpha value is -1.96. The van der Waals surface area contributed by atoms with Gasteiger partial charge in [0, 0.05) is 51.3 Å². The minimum Gasteiger partial charge on any atom is -0.379 e. The Balaban J connectivity index is 1.51. The highest BCUT2D eigenvalue weighted by Crippen LogP contribution is 2.38. The standard InChI is InChI=1S/C20H27N5OS/c1-23-9-4-7-17(23)19-18(16-6-2-3-8-21-16)22-20(27)25(19)11-5-10-24-12-14-26-15-13-24/h2-4,6-9,18-19H,5,10-15H2,1H3,(H,22,27)/t18-,19-/m0/s1. The minimum atomic E-state index is 0.0655. The second-order valence-corrected chi connectivity index (χ2v) is 7.56. The summed E-state index contributed by atoms with van der Waals surface area (Å²) in [5.74, 6) is 0. The fourth-order valence-corrected chi connectivity index (χ4v) is 4.37. The highest BCUT2D eigenvalue weighted by Gasteiger charge is 2.40. The zero-order chi connectivity index (χ0) is 18.6. The Morgan fingerprint density at radius 1 is 1.19 bits per heavy atom. The molecule has 27 heavy (non-hydrogen) atoms. The second kappa shape index (κ2) is 8.37. The molecule has 4 heterocycles. The zero-order valence-electron chi connectivity index (χ0n) is 15.8. The molecule has 6 nitrogen and oxygen atoms in total. The van der Waals surface area contributed by atoms with Gasteiger partial charge >= 0.3 is 0 Å². The van der Waals surface area contributed by atoms with E-state index in [-0.39, 0.29) is 12.1 Å². The normalized spacial score (nSPS) is 23.6. The van der Waals surface area contributed by atoms with Gasteiger partial charge in [0.05, 0.1) is 31.0 Å². The lowest BCUT2D eigenvalue weighted by Crippen LogP contribution is -2.39. The highest BCUT2D eigenvalue weighted by molar-refractivity contribution is 7.80. The third kappa shape index (κ3) is 4.00. The van der Waals surface area contributed by atoms with Crippen molar-refractivity contribution in [1.29, 1.82) is 0 Å². The summed E-state index contributed by atoms with van der Waals surface area (Å²) in [5.41, 5.74) is 2.28. The van der Waals surface area contributed by atoms with Crippen LogP contribution in [0.5, 0.6) is 0 Å². The Morgan fingerprint density at radius 3 is 2.74 bits per heavy atom. The van der Waals surface area contributed by atoms with Crippen LogP contribution in [0.2, 0.25) is 0 Å². The molecule has 0 aromatic carbocycles. The van der Waals surface area contributed by atoms with E-state index in [2.05, 4.69) is 56.1 Å². The van der Waals surface area contributed by atoms with Gasteiger partial charge in [-0.05, 0) is 42.9 Å². The predicted octanol–water partition coefficient (Wildman–Crippen LogP) is 2.11. The van der Waals surface area contributed by atoms with Crippen molar-refractivity contribution in [3.8, 4) is 0 Å². The maximum Gasteiger partial charge on any atom is 0.170 e. The number of nitrogens with one attached hydrogen (secondary N) is 1. The van der Waals surface area contributed by atoms with Crippen molar-refractivity contribution >= 4 is 17.3 Å². The molecule has 0 saturated carbocycles.